The van der Waals surface area contributed by atoms with Crippen molar-refractivity contribution in [1.82, 2.24) is 15.5 Å². The van der Waals surface area contributed by atoms with Gasteiger partial charge in [-0.05, 0) is 55.9 Å². The minimum atomic E-state index is -2.00. The smallest absolute Gasteiger partial charge is 0.323 e. The van der Waals surface area contributed by atoms with Crippen molar-refractivity contribution >= 4 is 41.4 Å². The largest absolute Gasteiger partial charge is 0.460 e. The molecule has 0 fully saturated rings. The van der Waals surface area contributed by atoms with Crippen LogP contribution in [0.15, 0.2) is 84.9 Å². The molecule has 1 heterocycles. The minimum Gasteiger partial charge on any atom is -0.460 e. The van der Waals surface area contributed by atoms with Gasteiger partial charge in [-0.25, -0.2) is 0 Å². The Balaban J connectivity index is 1.73. The summed E-state index contributed by atoms with van der Waals surface area (Å²) in [6.45, 7) is 6.97. The van der Waals surface area contributed by atoms with Crippen molar-refractivity contribution in [2.24, 2.45) is 11.3 Å². The summed E-state index contributed by atoms with van der Waals surface area (Å²) in [7, 11) is 1.48. The molecule has 47 heavy (non-hydrogen) atoms. The molecule has 0 spiro atoms. The first-order chi connectivity index (χ1) is 22.4. The van der Waals surface area contributed by atoms with Crippen LogP contribution in [0.5, 0.6) is 0 Å². The molecule has 2 N–H and O–H groups in total. The van der Waals surface area contributed by atoms with Gasteiger partial charge < -0.3 is 15.4 Å². The first-order valence-corrected chi connectivity index (χ1v) is 16.7. The second-order valence-corrected chi connectivity index (χ2v) is 14.3. The van der Waals surface area contributed by atoms with Crippen molar-refractivity contribution in [3.05, 3.63) is 107 Å². The molecule has 2 atom stereocenters. The molecule has 10 heteroatoms. The van der Waals surface area contributed by atoms with Crippen molar-refractivity contribution in [2.75, 3.05) is 13.6 Å². The monoisotopic (exact) mass is 657 g/mol. The zero-order chi connectivity index (χ0) is 34.2. The highest BCUT2D eigenvalue weighted by Gasteiger charge is 2.53. The van der Waals surface area contributed by atoms with Crippen LogP contribution >= 0.6 is 11.8 Å². The summed E-state index contributed by atoms with van der Waals surface area (Å²) in [6.07, 6.45) is 0.392. The van der Waals surface area contributed by atoms with Gasteiger partial charge in [0.2, 0.25) is 11.8 Å². The first-order valence-electron chi connectivity index (χ1n) is 15.8. The molecule has 1 aliphatic rings. The average molecular weight is 658 g/mol. The number of thioether (sulfide) groups is 1. The molecule has 1 unspecified atom stereocenters. The number of rotatable bonds is 15. The van der Waals surface area contributed by atoms with E-state index in [4.69, 9.17) is 4.74 Å². The Morgan fingerprint density at radius 1 is 0.830 bits per heavy atom. The molecule has 4 rings (SSSR count). The Morgan fingerprint density at radius 2 is 1.36 bits per heavy atom. The zero-order valence-corrected chi connectivity index (χ0v) is 28.4. The van der Waals surface area contributed by atoms with Crippen LogP contribution < -0.4 is 10.6 Å². The number of carbonyl (C=O) groups is 5. The molecule has 9 nitrogen and oxygen atoms in total. The molecule has 0 aliphatic carbocycles. The fraction of sp³-hybridized carbons (Fsp3) is 0.378. The quantitative estimate of drug-likeness (QED) is 0.128. The fourth-order valence-corrected chi connectivity index (χ4v) is 6.53. The first kappa shape index (κ1) is 35.4. The van der Waals surface area contributed by atoms with Crippen molar-refractivity contribution in [3.8, 4) is 0 Å². The van der Waals surface area contributed by atoms with Crippen LogP contribution in [0.3, 0.4) is 0 Å². The highest BCUT2D eigenvalue weighted by molar-refractivity contribution is 7.99. The van der Waals surface area contributed by atoms with Gasteiger partial charge in [-0.3, -0.25) is 28.9 Å². The number of fused-ring (bicyclic) bond motifs is 1. The van der Waals surface area contributed by atoms with Crippen molar-refractivity contribution in [3.63, 3.8) is 0 Å². The summed E-state index contributed by atoms with van der Waals surface area (Å²) >= 11 is 1.49. The molecule has 3 aromatic rings. The Bertz CT molecular complexity index is 1560. The fourth-order valence-electron chi connectivity index (χ4n) is 5.47. The topological polar surface area (TPSA) is 122 Å². The lowest BCUT2D eigenvalue weighted by Gasteiger charge is -2.38. The van der Waals surface area contributed by atoms with Gasteiger partial charge in [-0.2, -0.15) is 0 Å². The van der Waals surface area contributed by atoms with Crippen molar-refractivity contribution in [2.45, 2.75) is 63.7 Å². The van der Waals surface area contributed by atoms with Crippen LogP contribution in [0.25, 0.3) is 0 Å². The highest BCUT2D eigenvalue weighted by atomic mass is 32.2. The van der Waals surface area contributed by atoms with E-state index >= 15 is 0 Å². The average Bonchev–Trinajstić information content (AvgIpc) is 3.31. The van der Waals surface area contributed by atoms with Crippen LogP contribution in [-0.2, 0) is 31.5 Å². The third-order valence-electron chi connectivity index (χ3n) is 8.43. The van der Waals surface area contributed by atoms with E-state index < -0.39 is 52.3 Å². The second-order valence-electron chi connectivity index (χ2n) is 12.7. The predicted octanol–water partition coefficient (Wildman–Crippen LogP) is 5.39. The molecule has 0 bridgehead atoms. The number of benzene rings is 3. The molecule has 248 valence electrons. The van der Waals surface area contributed by atoms with Crippen LogP contribution in [0, 0.1) is 11.3 Å². The Hall–Kier alpha value is -4.44. The second kappa shape index (κ2) is 15.4. The van der Waals surface area contributed by atoms with Crippen molar-refractivity contribution in [1.29, 1.82) is 0 Å². The van der Waals surface area contributed by atoms with Gasteiger partial charge in [0.05, 0.1) is 17.7 Å². The normalized spacial score (nSPS) is 14.7. The standard InChI is InChI=1S/C37H43N3O6S/c1-25(2)20-21-37(35(45)46-22-26-14-8-6-9-15-26,24-40-32(42)28-18-12-13-19-29(28)33(40)43)34(44)39-30(31(41)38-5)36(3,4)47-23-27-16-10-7-11-17-27/h6-19,25,30H,20-24H2,1-5H3,(H,38,41)(H,39,44)/t30-,37?/m0/s1. The number of nitrogens with one attached hydrogen (secondary N) is 2. The summed E-state index contributed by atoms with van der Waals surface area (Å²) in [5.41, 5.74) is 0.166. The number of amides is 4. The van der Waals surface area contributed by atoms with Crippen LogP contribution in [0.4, 0.5) is 0 Å². The molecule has 0 saturated heterocycles. The van der Waals surface area contributed by atoms with Crippen LogP contribution in [-0.4, -0.2) is 58.9 Å². The minimum absolute atomic E-state index is 0.0183. The summed E-state index contributed by atoms with van der Waals surface area (Å²) in [5, 5.41) is 5.54. The van der Waals surface area contributed by atoms with E-state index in [0.717, 1.165) is 10.5 Å². The Morgan fingerprint density at radius 3 is 1.89 bits per heavy atom. The number of hydrogen-bond donors (Lipinski definition) is 2. The van der Waals surface area contributed by atoms with E-state index in [0.29, 0.717) is 17.7 Å². The third kappa shape index (κ3) is 8.29. The molecular formula is C37H43N3O6S. The molecule has 3 aromatic carbocycles. The van der Waals surface area contributed by atoms with E-state index in [2.05, 4.69) is 10.6 Å². The van der Waals surface area contributed by atoms with E-state index in [1.807, 2.05) is 76.2 Å². The molecule has 0 saturated carbocycles. The van der Waals surface area contributed by atoms with E-state index in [1.165, 1.54) is 18.8 Å². The predicted molar refractivity (Wildman–Crippen MR) is 182 cm³/mol. The van der Waals surface area contributed by atoms with Gasteiger partial charge in [0.25, 0.3) is 11.8 Å². The zero-order valence-electron chi connectivity index (χ0n) is 27.6. The maximum atomic E-state index is 14.7. The van der Waals surface area contributed by atoms with Gasteiger partial charge in [0.15, 0.2) is 5.41 Å². The van der Waals surface area contributed by atoms with E-state index in [1.54, 1.807) is 36.4 Å². The lowest BCUT2D eigenvalue weighted by atomic mass is 9.79. The molecular weight excluding hydrogens is 614 g/mol. The number of esters is 1. The molecule has 0 aromatic heterocycles. The van der Waals surface area contributed by atoms with Gasteiger partial charge >= 0.3 is 5.97 Å². The number of imide groups is 1. The van der Waals surface area contributed by atoms with Crippen LogP contribution in [0.1, 0.15) is 72.4 Å². The molecule has 0 radical (unpaired) electrons. The van der Waals surface area contributed by atoms with Gasteiger partial charge in [-0.1, -0.05) is 86.6 Å². The SMILES string of the molecule is CNC(=O)[C@H](NC(=O)C(CCC(C)C)(CN1C(=O)c2ccccc2C1=O)C(=O)OCc1ccccc1)C(C)(C)SCc1ccccc1. The van der Waals surface area contributed by atoms with Crippen LogP contribution in [0.2, 0.25) is 0 Å². The summed E-state index contributed by atoms with van der Waals surface area (Å²) in [6, 6.07) is 24.1. The number of carbonyl (C=O) groups excluding carboxylic acids is 5. The van der Waals surface area contributed by atoms with Gasteiger partial charge in [0, 0.05) is 17.5 Å². The van der Waals surface area contributed by atoms with E-state index in [-0.39, 0.29) is 30.1 Å². The number of ether oxygens (including phenoxy) is 1. The van der Waals surface area contributed by atoms with Gasteiger partial charge in [0.1, 0.15) is 12.6 Å². The third-order valence-corrected chi connectivity index (χ3v) is 9.88. The lowest BCUT2D eigenvalue weighted by molar-refractivity contribution is -0.164. The lowest BCUT2D eigenvalue weighted by Crippen LogP contribution is -2.62. The Labute approximate surface area is 280 Å². The summed E-state index contributed by atoms with van der Waals surface area (Å²) < 4.78 is 4.97. The maximum Gasteiger partial charge on any atom is 0.323 e. The molecule has 1 aliphatic heterocycles. The number of hydrogen-bond acceptors (Lipinski definition) is 7. The van der Waals surface area contributed by atoms with Crippen molar-refractivity contribution < 1.29 is 28.7 Å². The highest BCUT2D eigenvalue weighted by Crippen LogP contribution is 2.36. The number of likely N-dealkylation sites (N-methyl/N-ethyl adjacent to an activating group) is 1. The Kier molecular flexibility index (Phi) is 11.6. The van der Waals surface area contributed by atoms with E-state index in [9.17, 15) is 24.0 Å². The number of nitrogens with zero attached hydrogens (tertiary/aromatic N) is 1. The van der Waals surface area contributed by atoms with Gasteiger partial charge in [-0.15, -0.1) is 11.8 Å². The summed E-state index contributed by atoms with van der Waals surface area (Å²) in [4.78, 5) is 70.5. The maximum absolute atomic E-state index is 14.7. The summed E-state index contributed by atoms with van der Waals surface area (Å²) in [5.74, 6) is -2.64. The molecule has 4 amide bonds.